The second kappa shape index (κ2) is 8.21. The number of hydrogen-bond donors (Lipinski definition) is 0. The molecule has 0 aliphatic carbocycles. The lowest BCUT2D eigenvalue weighted by Crippen LogP contribution is -2.30. The van der Waals surface area contributed by atoms with Crippen molar-refractivity contribution < 1.29 is 13.2 Å². The summed E-state index contributed by atoms with van der Waals surface area (Å²) < 4.78 is 33.1. The van der Waals surface area contributed by atoms with Gasteiger partial charge in [-0.1, -0.05) is 47.5 Å². The molecule has 0 atom stereocenters. The van der Waals surface area contributed by atoms with Gasteiger partial charge in [0.25, 0.3) is 10.0 Å². The lowest BCUT2D eigenvalue weighted by Gasteiger charge is -2.25. The normalized spacial score (nSPS) is 11.2. The van der Waals surface area contributed by atoms with Crippen molar-refractivity contribution in [1.29, 1.82) is 0 Å². The Labute approximate surface area is 169 Å². The fraction of sp³-hybridized carbons (Fsp3) is 0.100. The van der Waals surface area contributed by atoms with Gasteiger partial charge in [0.05, 0.1) is 34.3 Å². The topological polar surface area (TPSA) is 46.6 Å². The summed E-state index contributed by atoms with van der Waals surface area (Å²) in [5, 5.41) is 0.800. The second-order valence-electron chi connectivity index (χ2n) is 5.77. The summed E-state index contributed by atoms with van der Waals surface area (Å²) in [6.07, 6.45) is 0. The molecule has 27 heavy (non-hydrogen) atoms. The number of para-hydroxylation sites is 1. The largest absolute Gasteiger partial charge is 0.497 e. The Morgan fingerprint density at radius 1 is 0.889 bits per heavy atom. The highest BCUT2D eigenvalue weighted by Crippen LogP contribution is 2.29. The number of rotatable bonds is 6. The molecule has 0 saturated carbocycles. The zero-order chi connectivity index (χ0) is 19.4. The zero-order valence-corrected chi connectivity index (χ0v) is 16.8. The van der Waals surface area contributed by atoms with Gasteiger partial charge in [0, 0.05) is 0 Å². The molecule has 0 spiro atoms. The number of sulfonamides is 1. The quantitative estimate of drug-likeness (QED) is 0.535. The average molecular weight is 422 g/mol. The van der Waals surface area contributed by atoms with Crippen LogP contribution in [0.2, 0.25) is 10.0 Å². The molecule has 0 unspecified atom stereocenters. The molecule has 0 saturated heterocycles. The third-order valence-corrected chi connectivity index (χ3v) is 6.53. The first-order chi connectivity index (χ1) is 12.9. The minimum absolute atomic E-state index is 0.120. The van der Waals surface area contributed by atoms with Crippen molar-refractivity contribution in [2.75, 3.05) is 11.4 Å². The van der Waals surface area contributed by atoms with Gasteiger partial charge in [-0.05, 0) is 54.1 Å². The van der Waals surface area contributed by atoms with Gasteiger partial charge in [-0.2, -0.15) is 0 Å². The van der Waals surface area contributed by atoms with Crippen LogP contribution in [0.3, 0.4) is 0 Å². The van der Waals surface area contributed by atoms with E-state index < -0.39 is 10.0 Å². The van der Waals surface area contributed by atoms with E-state index in [9.17, 15) is 8.42 Å². The summed E-state index contributed by atoms with van der Waals surface area (Å²) in [5.41, 5.74) is 1.28. The van der Waals surface area contributed by atoms with Crippen LogP contribution in [-0.4, -0.2) is 15.5 Å². The smallest absolute Gasteiger partial charge is 0.264 e. The number of methoxy groups -OCH3 is 1. The van der Waals surface area contributed by atoms with Crippen LogP contribution in [0, 0.1) is 0 Å². The van der Waals surface area contributed by atoms with Gasteiger partial charge in [-0.25, -0.2) is 8.42 Å². The van der Waals surface area contributed by atoms with Crippen LogP contribution >= 0.6 is 23.2 Å². The van der Waals surface area contributed by atoms with Crippen LogP contribution in [0.5, 0.6) is 5.75 Å². The highest BCUT2D eigenvalue weighted by molar-refractivity contribution is 7.92. The first-order valence-corrected chi connectivity index (χ1v) is 10.3. The second-order valence-corrected chi connectivity index (χ2v) is 8.45. The molecule has 3 aromatic rings. The Morgan fingerprint density at radius 2 is 1.56 bits per heavy atom. The Balaban J connectivity index is 2.04. The summed E-state index contributed by atoms with van der Waals surface area (Å²) in [6.45, 7) is 0.120. The fourth-order valence-electron chi connectivity index (χ4n) is 2.59. The van der Waals surface area contributed by atoms with Crippen LogP contribution in [0.25, 0.3) is 0 Å². The summed E-state index contributed by atoms with van der Waals surface area (Å²) in [4.78, 5) is 0.173. The van der Waals surface area contributed by atoms with Crippen molar-refractivity contribution in [2.45, 2.75) is 11.4 Å². The number of anilines is 1. The molecule has 7 heteroatoms. The van der Waals surface area contributed by atoms with Crippen LogP contribution in [0.4, 0.5) is 5.69 Å². The third-order valence-electron chi connectivity index (χ3n) is 4.00. The molecule has 0 heterocycles. The van der Waals surface area contributed by atoms with E-state index in [1.165, 1.54) is 23.5 Å². The molecule has 0 N–H and O–H groups in total. The maximum Gasteiger partial charge on any atom is 0.264 e. The minimum Gasteiger partial charge on any atom is -0.497 e. The van der Waals surface area contributed by atoms with Gasteiger partial charge < -0.3 is 4.74 Å². The molecular formula is C20H17Cl2NO3S. The van der Waals surface area contributed by atoms with E-state index in [-0.39, 0.29) is 11.4 Å². The number of nitrogens with zero attached hydrogens (tertiary/aromatic N) is 1. The number of ether oxygens (including phenoxy) is 1. The van der Waals surface area contributed by atoms with Gasteiger partial charge in [0.1, 0.15) is 5.75 Å². The SMILES string of the molecule is COc1ccc(S(=O)(=O)N(Cc2ccc(Cl)c(Cl)c2)c2ccccc2)cc1. The van der Waals surface area contributed by atoms with Gasteiger partial charge in [0.15, 0.2) is 0 Å². The van der Waals surface area contributed by atoms with Gasteiger partial charge >= 0.3 is 0 Å². The maximum atomic E-state index is 13.3. The van der Waals surface area contributed by atoms with Crippen molar-refractivity contribution in [3.63, 3.8) is 0 Å². The molecule has 0 amide bonds. The van der Waals surface area contributed by atoms with Crippen molar-refractivity contribution >= 4 is 38.9 Å². The maximum absolute atomic E-state index is 13.3. The van der Waals surface area contributed by atoms with Crippen LogP contribution in [0.15, 0.2) is 77.7 Å². The molecule has 0 aromatic heterocycles. The number of hydrogen-bond acceptors (Lipinski definition) is 3. The molecule has 4 nitrogen and oxygen atoms in total. The van der Waals surface area contributed by atoms with Crippen molar-refractivity contribution in [3.8, 4) is 5.75 Å². The predicted octanol–water partition coefficient (Wildman–Crippen LogP) is 5.40. The highest BCUT2D eigenvalue weighted by Gasteiger charge is 2.25. The van der Waals surface area contributed by atoms with Crippen molar-refractivity contribution in [2.24, 2.45) is 0 Å². The zero-order valence-electron chi connectivity index (χ0n) is 14.5. The molecule has 0 bridgehead atoms. The molecule has 0 aliphatic rings. The standard InChI is InChI=1S/C20H17Cl2NO3S/c1-26-17-8-10-18(11-9-17)27(24,25)23(16-5-3-2-4-6-16)14-15-7-12-19(21)20(22)13-15/h2-13H,14H2,1H3. The van der Waals surface area contributed by atoms with Crippen molar-refractivity contribution in [1.82, 2.24) is 0 Å². The van der Waals surface area contributed by atoms with E-state index >= 15 is 0 Å². The molecule has 3 rings (SSSR count). The lowest BCUT2D eigenvalue weighted by molar-refractivity contribution is 0.414. The fourth-order valence-corrected chi connectivity index (χ4v) is 4.36. The Hall–Kier alpha value is -2.21. The lowest BCUT2D eigenvalue weighted by atomic mass is 10.2. The van der Waals surface area contributed by atoms with Gasteiger partial charge in [-0.3, -0.25) is 4.31 Å². The molecule has 3 aromatic carbocycles. The Bertz CT molecular complexity index is 1020. The summed E-state index contributed by atoms with van der Waals surface area (Å²) in [5.74, 6) is 0.588. The molecule has 0 radical (unpaired) electrons. The summed E-state index contributed by atoms with van der Waals surface area (Å²) >= 11 is 12.1. The highest BCUT2D eigenvalue weighted by atomic mass is 35.5. The first kappa shape index (κ1) is 19.5. The van der Waals surface area contributed by atoms with E-state index in [0.29, 0.717) is 21.5 Å². The number of halogens is 2. The van der Waals surface area contributed by atoms with Gasteiger partial charge in [0.2, 0.25) is 0 Å². The number of benzene rings is 3. The van der Waals surface area contributed by atoms with Crippen molar-refractivity contribution in [3.05, 3.63) is 88.4 Å². The molecule has 140 valence electrons. The predicted molar refractivity (Wildman–Crippen MR) is 109 cm³/mol. The van der Waals surface area contributed by atoms with E-state index in [0.717, 1.165) is 5.56 Å². The Morgan fingerprint density at radius 3 is 2.15 bits per heavy atom. The first-order valence-electron chi connectivity index (χ1n) is 8.07. The average Bonchev–Trinajstić information content (AvgIpc) is 2.69. The van der Waals surface area contributed by atoms with E-state index in [1.54, 1.807) is 54.6 Å². The van der Waals surface area contributed by atoms with Crippen LogP contribution < -0.4 is 9.04 Å². The third kappa shape index (κ3) is 4.38. The van der Waals surface area contributed by atoms with E-state index in [2.05, 4.69) is 0 Å². The monoisotopic (exact) mass is 421 g/mol. The van der Waals surface area contributed by atoms with E-state index in [4.69, 9.17) is 27.9 Å². The molecular weight excluding hydrogens is 405 g/mol. The Kier molecular flexibility index (Phi) is 5.95. The van der Waals surface area contributed by atoms with Crippen LogP contribution in [0.1, 0.15) is 5.56 Å². The summed E-state index contributed by atoms with van der Waals surface area (Å²) in [6, 6.07) is 20.3. The van der Waals surface area contributed by atoms with E-state index in [1.807, 2.05) is 6.07 Å². The van der Waals surface area contributed by atoms with Gasteiger partial charge in [-0.15, -0.1) is 0 Å². The summed E-state index contributed by atoms with van der Waals surface area (Å²) in [7, 11) is -2.27. The molecule has 0 aliphatic heterocycles. The molecule has 0 fully saturated rings. The minimum atomic E-state index is -3.80. The van der Waals surface area contributed by atoms with Crippen LogP contribution in [-0.2, 0) is 16.6 Å².